The van der Waals surface area contributed by atoms with Crippen molar-refractivity contribution >= 4 is 45.8 Å². The van der Waals surface area contributed by atoms with Crippen molar-refractivity contribution in [2.45, 2.75) is 71.1 Å². The zero-order chi connectivity index (χ0) is 16.7. The molecular weight excluding hydrogens is 331 g/mol. The van der Waals surface area contributed by atoms with Gasteiger partial charge >= 0.3 is 35.7 Å². The average Bonchev–Trinajstić information content (AvgIpc) is 2.43. The van der Waals surface area contributed by atoms with Crippen molar-refractivity contribution in [3.05, 3.63) is 0 Å². The van der Waals surface area contributed by atoms with E-state index in [2.05, 4.69) is 11.7 Å². The van der Waals surface area contributed by atoms with Crippen LogP contribution in [0.4, 0.5) is 4.79 Å². The second-order valence-electron chi connectivity index (χ2n) is 5.41. The fourth-order valence-electron chi connectivity index (χ4n) is 2.02. The summed E-state index contributed by atoms with van der Waals surface area (Å²) in [7, 11) is -4.10. The second-order valence-corrected chi connectivity index (χ2v) is 6.99. The molecule has 0 aromatic heterocycles. The molecule has 0 aromatic carbocycles. The molecule has 6 nitrogen and oxygen atoms in total. The average molecular weight is 362 g/mol. The molecule has 0 saturated carbocycles. The summed E-state index contributed by atoms with van der Waals surface area (Å²) in [4.78, 5) is 11.1. The molecule has 0 bridgehead atoms. The van der Waals surface area contributed by atoms with E-state index >= 15 is 0 Å². The molecule has 0 unspecified atom stereocenters. The molecule has 134 valence electrons. The molecule has 1 N–H and O–H groups in total. The van der Waals surface area contributed by atoms with Gasteiger partial charge < -0.3 is 9.47 Å². The van der Waals surface area contributed by atoms with E-state index in [-0.39, 0.29) is 36.2 Å². The summed E-state index contributed by atoms with van der Waals surface area (Å²) in [6.07, 6.45) is 11.1. The molecule has 0 atom stereocenters. The summed E-state index contributed by atoms with van der Waals surface area (Å²) in [5.74, 6) is -0.611. The van der Waals surface area contributed by atoms with Crippen molar-refractivity contribution in [3.8, 4) is 0 Å². The van der Waals surface area contributed by atoms with E-state index < -0.39 is 28.6 Å². The first-order valence-electron chi connectivity index (χ1n) is 8.20. The van der Waals surface area contributed by atoms with Crippen molar-refractivity contribution in [2.24, 2.45) is 0 Å². The van der Waals surface area contributed by atoms with E-state index in [0.29, 0.717) is 0 Å². The van der Waals surface area contributed by atoms with Crippen LogP contribution in [-0.4, -0.2) is 67.6 Å². The predicted octanol–water partition coefficient (Wildman–Crippen LogP) is 3.30. The molecule has 0 aliphatic heterocycles. The Morgan fingerprint density at radius 2 is 1.26 bits per heavy atom. The summed E-state index contributed by atoms with van der Waals surface area (Å²) in [5.41, 5.74) is 0. The molecule has 0 saturated heterocycles. The summed E-state index contributed by atoms with van der Waals surface area (Å²) < 4.78 is 38.5. The number of carbonyl (C=O) groups is 1. The Morgan fingerprint density at radius 3 is 1.74 bits per heavy atom. The zero-order valence-electron chi connectivity index (χ0n) is 13.6. The quantitative estimate of drug-likeness (QED) is 0.221. The van der Waals surface area contributed by atoms with Crippen LogP contribution in [0, 0.1) is 0 Å². The molecule has 0 aliphatic rings. The molecule has 0 aromatic rings. The molecule has 0 aliphatic carbocycles. The molecule has 0 rings (SSSR count). The Kier molecular flexibility index (Phi) is 18.8. The van der Waals surface area contributed by atoms with E-state index in [9.17, 15) is 13.2 Å². The van der Waals surface area contributed by atoms with E-state index in [4.69, 9.17) is 9.29 Å². The van der Waals surface area contributed by atoms with Crippen LogP contribution >= 0.6 is 0 Å². The third-order valence-electron chi connectivity index (χ3n) is 3.28. The molecule has 0 radical (unpaired) electrons. The molecule has 0 heterocycles. The fourth-order valence-corrected chi connectivity index (χ4v) is 2.31. The van der Waals surface area contributed by atoms with Crippen molar-refractivity contribution < 1.29 is 27.2 Å². The van der Waals surface area contributed by atoms with Gasteiger partial charge in [-0.3, -0.25) is 4.55 Å². The number of hydrogen-bond donors (Lipinski definition) is 1. The number of rotatable bonds is 14. The van der Waals surface area contributed by atoms with Crippen LogP contribution in [0.1, 0.15) is 71.1 Å². The van der Waals surface area contributed by atoms with Gasteiger partial charge in [0.25, 0.3) is 10.1 Å². The van der Waals surface area contributed by atoms with Gasteiger partial charge in [0.1, 0.15) is 12.4 Å². The van der Waals surface area contributed by atoms with Crippen LogP contribution in [0.2, 0.25) is 0 Å². The van der Waals surface area contributed by atoms with E-state index in [1.807, 2.05) is 0 Å². The predicted molar refractivity (Wildman–Crippen MR) is 92.7 cm³/mol. The molecule has 23 heavy (non-hydrogen) atoms. The first kappa shape index (κ1) is 25.4. The molecule has 0 fully saturated rings. The zero-order valence-corrected chi connectivity index (χ0v) is 14.4. The van der Waals surface area contributed by atoms with Gasteiger partial charge in [0.2, 0.25) is 0 Å². The van der Waals surface area contributed by atoms with Gasteiger partial charge in [-0.05, 0) is 6.42 Å². The summed E-state index contributed by atoms with van der Waals surface area (Å²) in [5, 5.41) is 0. The van der Waals surface area contributed by atoms with Crippen LogP contribution < -0.4 is 0 Å². The standard InChI is InChI=1S/C15H30O6S.Na.H/c1-2-3-4-5-6-7-8-9-10-11-12-20-15(16)21-13-14-22(17,18)19;;/h2-14H2,1H3,(H,17,18,19);;. The Bertz CT molecular complexity index is 372. The van der Waals surface area contributed by atoms with E-state index in [1.54, 1.807) is 0 Å². The number of hydrogen-bond acceptors (Lipinski definition) is 5. The molecule has 0 spiro atoms. The van der Waals surface area contributed by atoms with Gasteiger partial charge in [-0.15, -0.1) is 0 Å². The third kappa shape index (κ3) is 22.2. The maximum atomic E-state index is 11.1. The first-order chi connectivity index (χ1) is 10.5. The van der Waals surface area contributed by atoms with Crippen molar-refractivity contribution in [2.75, 3.05) is 19.0 Å². The third-order valence-corrected chi connectivity index (χ3v) is 3.96. The first-order valence-corrected chi connectivity index (χ1v) is 9.81. The van der Waals surface area contributed by atoms with Crippen molar-refractivity contribution in [3.63, 3.8) is 0 Å². The van der Waals surface area contributed by atoms with Crippen LogP contribution in [0.25, 0.3) is 0 Å². The molecule has 8 heteroatoms. The number of unbranched alkanes of at least 4 members (excludes halogenated alkanes) is 9. The van der Waals surface area contributed by atoms with Crippen LogP contribution in [0.3, 0.4) is 0 Å². The van der Waals surface area contributed by atoms with Gasteiger partial charge in [0.15, 0.2) is 0 Å². The van der Waals surface area contributed by atoms with Gasteiger partial charge in [-0.1, -0.05) is 64.7 Å². The minimum atomic E-state index is -4.10. The SMILES string of the molecule is CCCCCCCCCCCCOC(=O)OCCS(=O)(=O)O.[NaH]. The fraction of sp³-hybridized carbons (Fsp3) is 0.933. The molecule has 0 amide bonds. The summed E-state index contributed by atoms with van der Waals surface area (Å²) >= 11 is 0. The van der Waals surface area contributed by atoms with Crippen LogP contribution in [-0.2, 0) is 19.6 Å². The van der Waals surface area contributed by atoms with E-state index in [0.717, 1.165) is 19.3 Å². The summed E-state index contributed by atoms with van der Waals surface area (Å²) in [6.45, 7) is 2.10. The van der Waals surface area contributed by atoms with Gasteiger partial charge in [0.05, 0.1) is 6.61 Å². The summed E-state index contributed by atoms with van der Waals surface area (Å²) in [6, 6.07) is 0. The van der Waals surface area contributed by atoms with Crippen LogP contribution in [0.15, 0.2) is 0 Å². The van der Waals surface area contributed by atoms with Gasteiger partial charge in [-0.2, -0.15) is 8.42 Å². The number of carbonyl (C=O) groups excluding carboxylic acids is 1. The minimum absolute atomic E-state index is 0. The topological polar surface area (TPSA) is 89.9 Å². The maximum absolute atomic E-state index is 11.1. The second kappa shape index (κ2) is 17.0. The Balaban J connectivity index is 0. The van der Waals surface area contributed by atoms with Crippen LogP contribution in [0.5, 0.6) is 0 Å². The monoisotopic (exact) mass is 362 g/mol. The Hall–Kier alpha value is 0.180. The Morgan fingerprint density at radius 1 is 0.826 bits per heavy atom. The Labute approximate surface area is 162 Å². The molecular formula is C15H31NaO6S. The number of ether oxygens (including phenoxy) is 2. The normalized spacial score (nSPS) is 10.9. The van der Waals surface area contributed by atoms with Crippen molar-refractivity contribution in [1.82, 2.24) is 0 Å². The van der Waals surface area contributed by atoms with Gasteiger partial charge in [-0.25, -0.2) is 4.79 Å². The van der Waals surface area contributed by atoms with E-state index in [1.165, 1.54) is 44.9 Å². The van der Waals surface area contributed by atoms with Gasteiger partial charge in [0, 0.05) is 0 Å². The van der Waals surface area contributed by atoms with Crippen molar-refractivity contribution in [1.29, 1.82) is 0 Å².